The van der Waals surface area contributed by atoms with E-state index in [2.05, 4.69) is 17.3 Å². The maximum absolute atomic E-state index is 6.02. The molecule has 0 aromatic rings. The zero-order chi connectivity index (χ0) is 9.10. The molecule has 2 aliphatic rings. The number of nitrogens with one attached hydrogen (secondary N) is 1. The summed E-state index contributed by atoms with van der Waals surface area (Å²) in [4.78, 5) is 2.37. The van der Waals surface area contributed by atoms with E-state index in [1.165, 1.54) is 25.8 Å². The SMILES string of the molecule is CN1CCCC(O[C@H]2CCNC2)C1. The quantitative estimate of drug-likeness (QED) is 0.675. The van der Waals surface area contributed by atoms with E-state index >= 15 is 0 Å². The fraction of sp³-hybridized carbons (Fsp3) is 1.00. The van der Waals surface area contributed by atoms with E-state index in [9.17, 15) is 0 Å². The molecule has 2 heterocycles. The second-order valence-electron chi connectivity index (χ2n) is 4.28. The predicted molar refractivity (Wildman–Crippen MR) is 52.9 cm³/mol. The minimum atomic E-state index is 0.483. The van der Waals surface area contributed by atoms with Gasteiger partial charge in [-0.05, 0) is 39.4 Å². The predicted octanol–water partition coefficient (Wildman–Crippen LogP) is 0.459. The minimum Gasteiger partial charge on any atom is -0.372 e. The first-order valence-electron chi connectivity index (χ1n) is 5.39. The van der Waals surface area contributed by atoms with E-state index in [-0.39, 0.29) is 0 Å². The van der Waals surface area contributed by atoms with Crippen LogP contribution in [0.5, 0.6) is 0 Å². The largest absolute Gasteiger partial charge is 0.372 e. The highest BCUT2D eigenvalue weighted by atomic mass is 16.5. The Morgan fingerprint density at radius 2 is 2.23 bits per heavy atom. The van der Waals surface area contributed by atoms with Gasteiger partial charge in [-0.25, -0.2) is 0 Å². The summed E-state index contributed by atoms with van der Waals surface area (Å²) in [5.74, 6) is 0. The Balaban J connectivity index is 1.73. The van der Waals surface area contributed by atoms with Crippen molar-refractivity contribution in [1.82, 2.24) is 10.2 Å². The van der Waals surface area contributed by atoms with Crippen LogP contribution in [0.1, 0.15) is 19.3 Å². The molecule has 3 nitrogen and oxygen atoms in total. The molecule has 2 saturated heterocycles. The van der Waals surface area contributed by atoms with Crippen LogP contribution in [-0.4, -0.2) is 50.3 Å². The van der Waals surface area contributed by atoms with Crippen LogP contribution in [-0.2, 0) is 4.74 Å². The molecule has 13 heavy (non-hydrogen) atoms. The molecule has 1 N–H and O–H groups in total. The van der Waals surface area contributed by atoms with E-state index in [0.717, 1.165) is 19.6 Å². The van der Waals surface area contributed by atoms with Gasteiger partial charge in [0.25, 0.3) is 0 Å². The molecule has 0 aliphatic carbocycles. The van der Waals surface area contributed by atoms with E-state index in [1.54, 1.807) is 0 Å². The summed E-state index contributed by atoms with van der Waals surface area (Å²) in [5.41, 5.74) is 0. The first-order chi connectivity index (χ1) is 6.34. The molecule has 0 spiro atoms. The fourth-order valence-corrected chi connectivity index (χ4v) is 2.25. The lowest BCUT2D eigenvalue weighted by atomic mass is 10.1. The smallest absolute Gasteiger partial charge is 0.0715 e. The Bertz CT molecular complexity index is 157. The van der Waals surface area contributed by atoms with Crippen LogP contribution >= 0.6 is 0 Å². The number of rotatable bonds is 2. The third-order valence-corrected chi connectivity index (χ3v) is 2.98. The molecule has 3 heteroatoms. The van der Waals surface area contributed by atoms with Crippen molar-refractivity contribution in [1.29, 1.82) is 0 Å². The Labute approximate surface area is 80.4 Å². The van der Waals surface area contributed by atoms with Gasteiger partial charge in [0.05, 0.1) is 12.2 Å². The van der Waals surface area contributed by atoms with Crippen molar-refractivity contribution in [2.45, 2.75) is 31.5 Å². The Hall–Kier alpha value is -0.120. The maximum Gasteiger partial charge on any atom is 0.0715 e. The normalized spacial score (nSPS) is 36.7. The molecule has 0 saturated carbocycles. The van der Waals surface area contributed by atoms with Crippen molar-refractivity contribution in [3.05, 3.63) is 0 Å². The molecule has 0 bridgehead atoms. The second kappa shape index (κ2) is 4.40. The van der Waals surface area contributed by atoms with Crippen molar-refractivity contribution in [2.24, 2.45) is 0 Å². The molecule has 76 valence electrons. The van der Waals surface area contributed by atoms with E-state index < -0.39 is 0 Å². The number of ether oxygens (including phenoxy) is 1. The molecule has 0 amide bonds. The fourth-order valence-electron chi connectivity index (χ4n) is 2.25. The van der Waals surface area contributed by atoms with Gasteiger partial charge in [0.2, 0.25) is 0 Å². The number of likely N-dealkylation sites (N-methyl/N-ethyl adjacent to an activating group) is 1. The molecule has 2 rings (SSSR count). The average molecular weight is 184 g/mol. The Kier molecular flexibility index (Phi) is 3.19. The molecule has 2 fully saturated rings. The first-order valence-corrected chi connectivity index (χ1v) is 5.39. The number of hydrogen-bond acceptors (Lipinski definition) is 3. The van der Waals surface area contributed by atoms with Crippen LogP contribution in [0.2, 0.25) is 0 Å². The second-order valence-corrected chi connectivity index (χ2v) is 4.28. The lowest BCUT2D eigenvalue weighted by Crippen LogP contribution is -2.39. The topological polar surface area (TPSA) is 24.5 Å². The molecule has 2 atom stereocenters. The van der Waals surface area contributed by atoms with Crippen LogP contribution < -0.4 is 5.32 Å². The number of piperidine rings is 1. The van der Waals surface area contributed by atoms with Crippen LogP contribution in [0, 0.1) is 0 Å². The van der Waals surface area contributed by atoms with Crippen molar-refractivity contribution >= 4 is 0 Å². The highest BCUT2D eigenvalue weighted by molar-refractivity contribution is 4.76. The zero-order valence-electron chi connectivity index (χ0n) is 8.46. The van der Waals surface area contributed by atoms with Gasteiger partial charge in [-0.1, -0.05) is 0 Å². The molecular formula is C10H20N2O. The highest BCUT2D eigenvalue weighted by Gasteiger charge is 2.23. The molecule has 0 aromatic heterocycles. The van der Waals surface area contributed by atoms with Gasteiger partial charge >= 0.3 is 0 Å². The summed E-state index contributed by atoms with van der Waals surface area (Å²) in [7, 11) is 2.18. The van der Waals surface area contributed by atoms with Crippen LogP contribution in [0.4, 0.5) is 0 Å². The molecule has 1 unspecified atom stereocenters. The number of likely N-dealkylation sites (tertiary alicyclic amines) is 1. The van der Waals surface area contributed by atoms with Crippen molar-refractivity contribution in [2.75, 3.05) is 33.2 Å². The van der Waals surface area contributed by atoms with Gasteiger partial charge in [0, 0.05) is 13.1 Å². The number of hydrogen-bond donors (Lipinski definition) is 1. The van der Waals surface area contributed by atoms with Crippen molar-refractivity contribution in [3.63, 3.8) is 0 Å². The van der Waals surface area contributed by atoms with Gasteiger partial charge < -0.3 is 15.0 Å². The van der Waals surface area contributed by atoms with Crippen LogP contribution in [0.3, 0.4) is 0 Å². The lowest BCUT2D eigenvalue weighted by molar-refractivity contribution is -0.0347. The lowest BCUT2D eigenvalue weighted by Gasteiger charge is -2.31. The monoisotopic (exact) mass is 184 g/mol. The maximum atomic E-state index is 6.02. The number of nitrogens with zero attached hydrogens (tertiary/aromatic N) is 1. The third-order valence-electron chi connectivity index (χ3n) is 2.98. The summed E-state index contributed by atoms with van der Waals surface area (Å²) < 4.78 is 6.02. The summed E-state index contributed by atoms with van der Waals surface area (Å²) in [5, 5.41) is 3.33. The van der Waals surface area contributed by atoms with Crippen LogP contribution in [0.15, 0.2) is 0 Å². The summed E-state index contributed by atoms with van der Waals surface area (Å²) in [6.07, 6.45) is 4.71. The molecule has 0 aromatic carbocycles. The average Bonchev–Trinajstić information content (AvgIpc) is 2.57. The van der Waals surface area contributed by atoms with Gasteiger partial charge in [-0.2, -0.15) is 0 Å². The zero-order valence-corrected chi connectivity index (χ0v) is 8.46. The standard InChI is InChI=1S/C10H20N2O/c1-12-6-2-3-10(8-12)13-9-4-5-11-7-9/h9-11H,2-8H2,1H3/t9-,10?/m0/s1. The summed E-state index contributed by atoms with van der Waals surface area (Å²) in [6, 6.07) is 0. The Morgan fingerprint density at radius 1 is 1.31 bits per heavy atom. The van der Waals surface area contributed by atoms with Gasteiger partial charge in [-0.15, -0.1) is 0 Å². The first kappa shape index (κ1) is 9.44. The van der Waals surface area contributed by atoms with Crippen molar-refractivity contribution < 1.29 is 4.74 Å². The van der Waals surface area contributed by atoms with Gasteiger partial charge in [0.15, 0.2) is 0 Å². The summed E-state index contributed by atoms with van der Waals surface area (Å²) >= 11 is 0. The minimum absolute atomic E-state index is 0.483. The van der Waals surface area contributed by atoms with E-state index in [0.29, 0.717) is 12.2 Å². The Morgan fingerprint density at radius 3 is 2.92 bits per heavy atom. The highest BCUT2D eigenvalue weighted by Crippen LogP contribution is 2.15. The van der Waals surface area contributed by atoms with Gasteiger partial charge in [0.1, 0.15) is 0 Å². The van der Waals surface area contributed by atoms with Crippen molar-refractivity contribution in [3.8, 4) is 0 Å². The third kappa shape index (κ3) is 2.66. The summed E-state index contributed by atoms with van der Waals surface area (Å²) in [6.45, 7) is 4.55. The van der Waals surface area contributed by atoms with E-state index in [4.69, 9.17) is 4.74 Å². The molecule has 2 aliphatic heterocycles. The molecule has 0 radical (unpaired) electrons. The molecular weight excluding hydrogens is 164 g/mol. The van der Waals surface area contributed by atoms with Crippen LogP contribution in [0.25, 0.3) is 0 Å². The van der Waals surface area contributed by atoms with Gasteiger partial charge in [-0.3, -0.25) is 0 Å². The van der Waals surface area contributed by atoms with E-state index in [1.807, 2.05) is 0 Å².